The van der Waals surface area contributed by atoms with Gasteiger partial charge in [-0.05, 0) is 56.7 Å². The number of benzene rings is 3. The fourth-order valence-corrected chi connectivity index (χ4v) is 4.23. The molecule has 1 heterocycles. The zero-order valence-corrected chi connectivity index (χ0v) is 17.6. The van der Waals surface area contributed by atoms with Crippen molar-refractivity contribution in [1.29, 1.82) is 0 Å². The maximum absolute atomic E-state index is 2.42. The maximum Gasteiger partial charge on any atom is 0.213 e. The maximum atomic E-state index is 2.42. The Labute approximate surface area is 173 Å². The van der Waals surface area contributed by atoms with Crippen LogP contribution in [0, 0.1) is 0 Å². The van der Waals surface area contributed by atoms with E-state index in [0.29, 0.717) is 0 Å². The second kappa shape index (κ2) is 8.48. The molecule has 0 unspecified atom stereocenters. The zero-order chi connectivity index (χ0) is 20.2. The molecule has 0 N–H and O–H groups in total. The normalized spacial score (nSPS) is 11.6. The van der Waals surface area contributed by atoms with E-state index in [4.69, 9.17) is 0 Å². The van der Waals surface area contributed by atoms with E-state index in [0.717, 1.165) is 19.6 Å². The van der Waals surface area contributed by atoms with Crippen LogP contribution in [-0.4, -0.2) is 13.1 Å². The van der Waals surface area contributed by atoms with Gasteiger partial charge >= 0.3 is 0 Å². The van der Waals surface area contributed by atoms with Crippen molar-refractivity contribution in [3.8, 4) is 0 Å². The van der Waals surface area contributed by atoms with Crippen molar-refractivity contribution >= 4 is 39.5 Å². The van der Waals surface area contributed by atoms with Gasteiger partial charge in [-0.25, -0.2) is 0 Å². The van der Waals surface area contributed by atoms with Crippen LogP contribution >= 0.6 is 0 Å². The number of aromatic nitrogens is 1. The molecule has 2 heteroatoms. The van der Waals surface area contributed by atoms with Crippen molar-refractivity contribution in [3.63, 3.8) is 0 Å². The highest BCUT2D eigenvalue weighted by Crippen LogP contribution is 2.26. The highest BCUT2D eigenvalue weighted by atomic mass is 15.1. The number of fused-ring (bicyclic) bond motifs is 3. The van der Waals surface area contributed by atoms with Crippen LogP contribution in [-0.2, 0) is 6.54 Å². The Hall–Kier alpha value is -3.13. The lowest BCUT2D eigenvalue weighted by Gasteiger charge is -2.20. The Morgan fingerprint density at radius 2 is 1.31 bits per heavy atom. The minimum Gasteiger partial charge on any atom is -0.372 e. The molecule has 146 valence electrons. The summed E-state index contributed by atoms with van der Waals surface area (Å²) < 4.78 is 2.42. The monoisotopic (exact) mass is 381 g/mol. The van der Waals surface area contributed by atoms with Gasteiger partial charge < -0.3 is 4.90 Å². The van der Waals surface area contributed by atoms with Crippen molar-refractivity contribution in [2.75, 3.05) is 18.0 Å². The summed E-state index contributed by atoms with van der Waals surface area (Å²) in [5.74, 6) is 0. The first-order valence-electron chi connectivity index (χ1n) is 10.6. The third-order valence-electron chi connectivity index (χ3n) is 5.75. The lowest BCUT2D eigenvalue weighted by atomic mass is 10.0. The van der Waals surface area contributed by atoms with Gasteiger partial charge in [0.15, 0.2) is 0 Å². The van der Waals surface area contributed by atoms with Gasteiger partial charge in [-0.1, -0.05) is 42.5 Å². The van der Waals surface area contributed by atoms with Crippen molar-refractivity contribution in [1.82, 2.24) is 0 Å². The van der Waals surface area contributed by atoms with E-state index in [2.05, 4.69) is 115 Å². The lowest BCUT2D eigenvalue weighted by Crippen LogP contribution is -2.37. The number of para-hydroxylation sites is 1. The molecule has 0 radical (unpaired) electrons. The van der Waals surface area contributed by atoms with Gasteiger partial charge in [-0.15, -0.1) is 0 Å². The standard InChI is InChI=1S/C27H29N2/c1-4-28(5-2)22-18-15-21(16-19-22)17-20-27-25-12-8-7-11-23(25)24-13-9-10-14-26(24)29(27)6-3/h7-20H,4-6H2,1-3H3/q+1. The molecular formula is C27H29N2+. The zero-order valence-electron chi connectivity index (χ0n) is 17.6. The summed E-state index contributed by atoms with van der Waals surface area (Å²) in [7, 11) is 0. The Balaban J connectivity index is 1.81. The second-order valence-electron chi connectivity index (χ2n) is 7.29. The lowest BCUT2D eigenvalue weighted by molar-refractivity contribution is -0.668. The highest BCUT2D eigenvalue weighted by molar-refractivity contribution is 6.06. The van der Waals surface area contributed by atoms with E-state index in [1.807, 2.05) is 0 Å². The van der Waals surface area contributed by atoms with Crippen LogP contribution in [0.4, 0.5) is 5.69 Å². The number of nitrogens with zero attached hydrogens (tertiary/aromatic N) is 2. The fourth-order valence-electron chi connectivity index (χ4n) is 4.23. The van der Waals surface area contributed by atoms with Gasteiger partial charge in [-0.2, -0.15) is 4.57 Å². The van der Waals surface area contributed by atoms with Crippen molar-refractivity contribution in [2.24, 2.45) is 0 Å². The minimum atomic E-state index is 0.936. The molecule has 0 aliphatic heterocycles. The molecule has 0 atom stereocenters. The molecule has 4 aromatic rings. The average Bonchev–Trinajstić information content (AvgIpc) is 2.79. The fraction of sp³-hybridized carbons (Fsp3) is 0.222. The molecule has 4 rings (SSSR count). The van der Waals surface area contributed by atoms with E-state index in [1.165, 1.54) is 38.6 Å². The summed E-state index contributed by atoms with van der Waals surface area (Å²) >= 11 is 0. The summed E-state index contributed by atoms with van der Waals surface area (Å²) in [6.07, 6.45) is 4.50. The quantitative estimate of drug-likeness (QED) is 0.280. The topological polar surface area (TPSA) is 7.12 Å². The number of pyridine rings is 1. The van der Waals surface area contributed by atoms with Crippen LogP contribution in [0.15, 0.2) is 72.8 Å². The highest BCUT2D eigenvalue weighted by Gasteiger charge is 2.17. The summed E-state index contributed by atoms with van der Waals surface area (Å²) in [5.41, 5.74) is 5.05. The number of hydrogen-bond donors (Lipinski definition) is 0. The van der Waals surface area contributed by atoms with Crippen LogP contribution < -0.4 is 9.47 Å². The van der Waals surface area contributed by atoms with E-state index in [9.17, 15) is 0 Å². The van der Waals surface area contributed by atoms with Gasteiger partial charge in [0.25, 0.3) is 0 Å². The van der Waals surface area contributed by atoms with Crippen LogP contribution in [0.1, 0.15) is 32.0 Å². The minimum absolute atomic E-state index is 0.936. The summed E-state index contributed by atoms with van der Waals surface area (Å²) in [6, 6.07) is 26.3. The second-order valence-corrected chi connectivity index (χ2v) is 7.29. The van der Waals surface area contributed by atoms with Crippen LogP contribution in [0.3, 0.4) is 0 Å². The van der Waals surface area contributed by atoms with Crippen molar-refractivity contribution in [3.05, 3.63) is 84.1 Å². The first kappa shape index (κ1) is 19.2. The molecule has 29 heavy (non-hydrogen) atoms. The average molecular weight is 382 g/mol. The third-order valence-corrected chi connectivity index (χ3v) is 5.75. The van der Waals surface area contributed by atoms with E-state index in [1.54, 1.807) is 0 Å². The van der Waals surface area contributed by atoms with E-state index < -0.39 is 0 Å². The van der Waals surface area contributed by atoms with Crippen LogP contribution in [0.2, 0.25) is 0 Å². The molecule has 0 aliphatic rings. The smallest absolute Gasteiger partial charge is 0.213 e. The first-order valence-corrected chi connectivity index (χ1v) is 10.6. The molecule has 1 aromatic heterocycles. The van der Waals surface area contributed by atoms with Crippen LogP contribution in [0.5, 0.6) is 0 Å². The molecule has 0 amide bonds. The van der Waals surface area contributed by atoms with Gasteiger partial charge in [0, 0.05) is 36.3 Å². The molecule has 0 saturated carbocycles. The Morgan fingerprint density at radius 1 is 0.690 bits per heavy atom. The van der Waals surface area contributed by atoms with Gasteiger partial charge in [0.2, 0.25) is 11.2 Å². The summed E-state index contributed by atoms with van der Waals surface area (Å²) in [6.45, 7) is 9.62. The summed E-state index contributed by atoms with van der Waals surface area (Å²) in [4.78, 5) is 2.37. The van der Waals surface area contributed by atoms with Gasteiger partial charge in [-0.3, -0.25) is 0 Å². The SMILES string of the molecule is CCN(CC)c1ccc(/C=C/c2c3ccccc3c3ccccc3[n+]2CC)cc1. The predicted molar refractivity (Wildman–Crippen MR) is 126 cm³/mol. The van der Waals surface area contributed by atoms with E-state index >= 15 is 0 Å². The van der Waals surface area contributed by atoms with Crippen LogP contribution in [0.25, 0.3) is 33.8 Å². The molecular weight excluding hydrogens is 352 g/mol. The van der Waals surface area contributed by atoms with Gasteiger partial charge in [0.05, 0.1) is 10.8 Å². The molecule has 0 spiro atoms. The van der Waals surface area contributed by atoms with E-state index in [-0.39, 0.29) is 0 Å². The molecule has 2 nitrogen and oxygen atoms in total. The number of anilines is 1. The Kier molecular flexibility index (Phi) is 5.62. The van der Waals surface area contributed by atoms with Gasteiger partial charge in [0.1, 0.15) is 6.54 Å². The van der Waals surface area contributed by atoms with Crippen molar-refractivity contribution < 1.29 is 4.57 Å². The van der Waals surface area contributed by atoms with Crippen molar-refractivity contribution in [2.45, 2.75) is 27.3 Å². The number of hydrogen-bond acceptors (Lipinski definition) is 1. The summed E-state index contributed by atoms with van der Waals surface area (Å²) in [5, 5.41) is 3.92. The predicted octanol–water partition coefficient (Wildman–Crippen LogP) is 6.32. The Bertz CT molecular complexity index is 1150. The largest absolute Gasteiger partial charge is 0.372 e. The first-order chi connectivity index (χ1) is 14.3. The molecule has 0 bridgehead atoms. The number of aryl methyl sites for hydroxylation is 1. The molecule has 0 fully saturated rings. The molecule has 3 aromatic carbocycles. The molecule has 0 aliphatic carbocycles. The third kappa shape index (κ3) is 3.63. The number of rotatable bonds is 6. The molecule has 0 saturated heterocycles. The Morgan fingerprint density at radius 3 is 1.97 bits per heavy atom.